The molecule has 1 heterocycles. The highest BCUT2D eigenvalue weighted by Gasteiger charge is 2.25. The Kier molecular flexibility index (Phi) is 7.98. The van der Waals surface area contributed by atoms with Gasteiger partial charge in [0.2, 0.25) is 10.0 Å². The zero-order valence-electron chi connectivity index (χ0n) is 19.3. The maximum Gasteiger partial charge on any atom is 0.321 e. The van der Waals surface area contributed by atoms with E-state index in [0.717, 1.165) is 49.9 Å². The van der Waals surface area contributed by atoms with Crippen molar-refractivity contribution in [2.24, 2.45) is 0 Å². The van der Waals surface area contributed by atoms with Gasteiger partial charge in [0, 0.05) is 31.9 Å². The molecule has 1 aliphatic rings. The largest absolute Gasteiger partial charge is 0.325 e. The zero-order chi connectivity index (χ0) is 23.8. The van der Waals surface area contributed by atoms with E-state index < -0.39 is 10.0 Å². The van der Waals surface area contributed by atoms with E-state index in [-0.39, 0.29) is 24.0 Å². The smallest absolute Gasteiger partial charge is 0.321 e. The molecule has 0 bridgehead atoms. The van der Waals surface area contributed by atoms with Gasteiger partial charge < -0.3 is 10.2 Å². The summed E-state index contributed by atoms with van der Waals surface area (Å²) in [6.45, 7) is 2.05. The molecule has 0 aromatic heterocycles. The molecule has 3 aromatic rings. The molecule has 1 aliphatic heterocycles. The molecular weight excluding hydrogens is 446 g/mol. The minimum absolute atomic E-state index is 0.132. The van der Waals surface area contributed by atoms with Crippen LogP contribution in [-0.2, 0) is 23.1 Å². The number of hydrogen-bond donors (Lipinski definition) is 1. The highest BCUT2D eigenvalue weighted by molar-refractivity contribution is 7.89. The molecule has 1 fully saturated rings. The van der Waals surface area contributed by atoms with Crippen molar-refractivity contribution < 1.29 is 13.2 Å². The van der Waals surface area contributed by atoms with Crippen molar-refractivity contribution in [3.05, 3.63) is 96.1 Å². The SMILES string of the molecule is O=C(Nc1ccc(S(=O)(=O)N(Cc2ccccc2)Cc2ccccc2)cc1)N1CCCCCC1. The molecule has 34 heavy (non-hydrogen) atoms. The van der Waals surface area contributed by atoms with Gasteiger partial charge in [-0.25, -0.2) is 13.2 Å². The van der Waals surface area contributed by atoms with Gasteiger partial charge in [-0.3, -0.25) is 0 Å². The number of sulfonamides is 1. The van der Waals surface area contributed by atoms with Crippen LogP contribution in [0.25, 0.3) is 0 Å². The number of anilines is 1. The number of nitrogens with one attached hydrogen (secondary N) is 1. The first-order chi connectivity index (χ1) is 16.5. The van der Waals surface area contributed by atoms with Crippen LogP contribution in [0.5, 0.6) is 0 Å². The van der Waals surface area contributed by atoms with Crippen LogP contribution in [0.2, 0.25) is 0 Å². The minimum atomic E-state index is -3.76. The molecule has 2 amide bonds. The van der Waals surface area contributed by atoms with Crippen LogP contribution in [0.15, 0.2) is 89.8 Å². The summed E-state index contributed by atoms with van der Waals surface area (Å²) in [6.07, 6.45) is 4.34. The molecule has 178 valence electrons. The number of amides is 2. The van der Waals surface area contributed by atoms with Gasteiger partial charge in [0.15, 0.2) is 0 Å². The fraction of sp³-hybridized carbons (Fsp3) is 0.296. The van der Waals surface area contributed by atoms with E-state index in [1.54, 1.807) is 24.3 Å². The van der Waals surface area contributed by atoms with Crippen molar-refractivity contribution in [2.75, 3.05) is 18.4 Å². The Morgan fingerprint density at radius 1 is 0.735 bits per heavy atom. The number of rotatable bonds is 7. The zero-order valence-corrected chi connectivity index (χ0v) is 20.1. The van der Waals surface area contributed by atoms with Crippen molar-refractivity contribution >= 4 is 21.7 Å². The van der Waals surface area contributed by atoms with Crippen LogP contribution in [0.3, 0.4) is 0 Å². The van der Waals surface area contributed by atoms with Crippen LogP contribution in [-0.4, -0.2) is 36.7 Å². The highest BCUT2D eigenvalue weighted by Crippen LogP contribution is 2.23. The summed E-state index contributed by atoms with van der Waals surface area (Å²) in [5.41, 5.74) is 2.43. The lowest BCUT2D eigenvalue weighted by Crippen LogP contribution is -2.35. The number of carbonyl (C=O) groups excluding carboxylic acids is 1. The molecule has 1 N–H and O–H groups in total. The first-order valence-electron chi connectivity index (χ1n) is 11.8. The second kappa shape index (κ2) is 11.3. The first-order valence-corrected chi connectivity index (χ1v) is 13.2. The maximum absolute atomic E-state index is 13.6. The molecule has 0 radical (unpaired) electrons. The van der Waals surface area contributed by atoms with Gasteiger partial charge in [0.25, 0.3) is 0 Å². The third-order valence-electron chi connectivity index (χ3n) is 6.04. The Hall–Kier alpha value is -3.16. The number of nitrogens with zero attached hydrogens (tertiary/aromatic N) is 2. The first kappa shape index (κ1) is 24.0. The fourth-order valence-corrected chi connectivity index (χ4v) is 5.55. The quantitative estimate of drug-likeness (QED) is 0.489. The van der Waals surface area contributed by atoms with E-state index in [4.69, 9.17) is 0 Å². The third kappa shape index (κ3) is 6.24. The molecule has 0 aliphatic carbocycles. The van der Waals surface area contributed by atoms with Crippen LogP contribution < -0.4 is 5.32 Å². The molecule has 0 unspecified atom stereocenters. The normalized spacial score (nSPS) is 14.6. The van der Waals surface area contributed by atoms with Gasteiger partial charge in [0.1, 0.15) is 0 Å². The van der Waals surface area contributed by atoms with Crippen molar-refractivity contribution in [1.29, 1.82) is 0 Å². The van der Waals surface area contributed by atoms with E-state index in [2.05, 4.69) is 5.32 Å². The molecule has 1 saturated heterocycles. The van der Waals surface area contributed by atoms with Crippen LogP contribution >= 0.6 is 0 Å². The maximum atomic E-state index is 13.6. The van der Waals surface area contributed by atoms with Gasteiger partial charge >= 0.3 is 6.03 Å². The van der Waals surface area contributed by atoms with Crippen LogP contribution in [0.4, 0.5) is 10.5 Å². The Balaban J connectivity index is 1.51. The molecule has 0 spiro atoms. The number of carbonyl (C=O) groups is 1. The average molecular weight is 478 g/mol. The predicted octanol–water partition coefficient (Wildman–Crippen LogP) is 5.49. The summed E-state index contributed by atoms with van der Waals surface area (Å²) >= 11 is 0. The predicted molar refractivity (Wildman–Crippen MR) is 135 cm³/mol. The van der Waals surface area contributed by atoms with Gasteiger partial charge in [-0.15, -0.1) is 0 Å². The summed E-state index contributed by atoms with van der Waals surface area (Å²) in [7, 11) is -3.76. The molecule has 6 nitrogen and oxygen atoms in total. The minimum Gasteiger partial charge on any atom is -0.325 e. The van der Waals surface area contributed by atoms with Crippen molar-refractivity contribution in [1.82, 2.24) is 9.21 Å². The van der Waals surface area contributed by atoms with E-state index in [1.807, 2.05) is 65.6 Å². The van der Waals surface area contributed by atoms with Crippen molar-refractivity contribution in [3.63, 3.8) is 0 Å². The van der Waals surface area contributed by atoms with Crippen LogP contribution in [0, 0.1) is 0 Å². The topological polar surface area (TPSA) is 69.7 Å². The molecule has 4 rings (SSSR count). The van der Waals surface area contributed by atoms with Gasteiger partial charge in [-0.05, 0) is 48.2 Å². The van der Waals surface area contributed by atoms with Gasteiger partial charge in [-0.2, -0.15) is 4.31 Å². The Labute approximate surface area is 202 Å². The fourth-order valence-electron chi connectivity index (χ4n) is 4.14. The summed E-state index contributed by atoms with van der Waals surface area (Å²) in [5, 5.41) is 2.91. The standard InChI is InChI=1S/C27H31N3O3S/c31-27(29-19-9-1-2-10-20-29)28-25-15-17-26(18-16-25)34(32,33)30(21-23-11-5-3-6-12-23)22-24-13-7-4-8-14-24/h3-8,11-18H,1-2,9-10,19-22H2,(H,28,31). The van der Waals surface area contributed by atoms with Crippen molar-refractivity contribution in [3.8, 4) is 0 Å². The van der Waals surface area contributed by atoms with Crippen molar-refractivity contribution in [2.45, 2.75) is 43.7 Å². The summed E-state index contributed by atoms with van der Waals surface area (Å²) in [5.74, 6) is 0. The van der Waals surface area contributed by atoms with E-state index in [9.17, 15) is 13.2 Å². The van der Waals surface area contributed by atoms with Crippen LogP contribution in [0.1, 0.15) is 36.8 Å². The summed E-state index contributed by atoms with van der Waals surface area (Å²) in [6, 6.07) is 25.5. The lowest BCUT2D eigenvalue weighted by atomic mass is 10.2. The second-order valence-corrected chi connectivity index (χ2v) is 10.5. The molecule has 3 aromatic carbocycles. The molecule has 0 saturated carbocycles. The number of likely N-dealkylation sites (tertiary alicyclic amines) is 1. The Morgan fingerprint density at radius 2 is 1.24 bits per heavy atom. The molecule has 0 atom stereocenters. The average Bonchev–Trinajstić information content (AvgIpc) is 3.15. The monoisotopic (exact) mass is 477 g/mol. The lowest BCUT2D eigenvalue weighted by molar-refractivity contribution is 0.214. The Morgan fingerprint density at radius 3 is 1.74 bits per heavy atom. The van der Waals surface area contributed by atoms with Gasteiger partial charge in [-0.1, -0.05) is 73.5 Å². The van der Waals surface area contributed by atoms with E-state index in [0.29, 0.717) is 5.69 Å². The van der Waals surface area contributed by atoms with E-state index in [1.165, 1.54) is 4.31 Å². The number of hydrogen-bond acceptors (Lipinski definition) is 3. The molecular formula is C27H31N3O3S. The number of benzene rings is 3. The third-order valence-corrected chi connectivity index (χ3v) is 7.85. The van der Waals surface area contributed by atoms with E-state index >= 15 is 0 Å². The Bertz CT molecular complexity index is 1120. The summed E-state index contributed by atoms with van der Waals surface area (Å²) < 4.78 is 28.7. The highest BCUT2D eigenvalue weighted by atomic mass is 32.2. The summed E-state index contributed by atoms with van der Waals surface area (Å²) in [4.78, 5) is 14.6. The lowest BCUT2D eigenvalue weighted by Gasteiger charge is -2.23. The second-order valence-electron chi connectivity index (χ2n) is 8.60. The van der Waals surface area contributed by atoms with Gasteiger partial charge in [0.05, 0.1) is 4.90 Å². The number of urea groups is 1. The molecule has 7 heteroatoms.